The Morgan fingerprint density at radius 1 is 1.06 bits per heavy atom. The second kappa shape index (κ2) is 11.7. The molecule has 2 rings (SSSR count). The lowest BCUT2D eigenvalue weighted by Crippen LogP contribution is -2.41. The zero-order valence-corrected chi connectivity index (χ0v) is 20.1. The average Bonchev–Trinajstić information content (AvgIpc) is 2.74. The van der Waals surface area contributed by atoms with Gasteiger partial charge in [0.2, 0.25) is 5.91 Å². The molecule has 0 aliphatic heterocycles. The molecule has 2 aromatic rings. The van der Waals surface area contributed by atoms with Crippen LogP contribution in [0.2, 0.25) is 0 Å². The number of rotatable bonds is 10. The van der Waals surface area contributed by atoms with Crippen LogP contribution in [0.4, 0.5) is 0 Å². The lowest BCUT2D eigenvalue weighted by Gasteiger charge is -2.23. The molecule has 0 saturated carbocycles. The number of amides is 1. The second-order valence-electron chi connectivity index (χ2n) is 9.08. The predicted molar refractivity (Wildman–Crippen MR) is 127 cm³/mol. The maximum atomic E-state index is 12.6. The lowest BCUT2D eigenvalue weighted by molar-refractivity contribution is -0.130. The molecule has 0 aliphatic rings. The first kappa shape index (κ1) is 25.5. The third kappa shape index (κ3) is 8.05. The Morgan fingerprint density at radius 2 is 1.75 bits per heavy atom. The van der Waals surface area contributed by atoms with Crippen molar-refractivity contribution in [1.29, 1.82) is 0 Å². The van der Waals surface area contributed by atoms with Crippen molar-refractivity contribution in [2.24, 2.45) is 0 Å². The van der Waals surface area contributed by atoms with Crippen LogP contribution in [0.5, 0.6) is 5.75 Å². The van der Waals surface area contributed by atoms with Crippen LogP contribution < -0.4 is 10.1 Å². The van der Waals surface area contributed by atoms with Crippen LogP contribution in [0, 0.1) is 0 Å². The number of pyridine rings is 1. The molecule has 174 valence electrons. The Labute approximate surface area is 191 Å². The number of carbonyl (C=O) groups is 2. The van der Waals surface area contributed by atoms with Crippen molar-refractivity contribution in [2.75, 3.05) is 40.3 Å². The molecule has 32 heavy (non-hydrogen) atoms. The van der Waals surface area contributed by atoms with Crippen molar-refractivity contribution in [1.82, 2.24) is 20.1 Å². The van der Waals surface area contributed by atoms with Crippen molar-refractivity contribution >= 4 is 11.9 Å². The van der Waals surface area contributed by atoms with Gasteiger partial charge in [0.25, 0.3) is 0 Å². The van der Waals surface area contributed by atoms with E-state index in [-0.39, 0.29) is 17.9 Å². The van der Waals surface area contributed by atoms with E-state index in [1.54, 1.807) is 18.3 Å². The Bertz CT molecular complexity index is 889. The quantitative estimate of drug-likeness (QED) is 0.452. The van der Waals surface area contributed by atoms with E-state index in [1.165, 1.54) is 5.56 Å². The van der Waals surface area contributed by atoms with Gasteiger partial charge in [-0.2, -0.15) is 0 Å². The van der Waals surface area contributed by atoms with Gasteiger partial charge in [0.1, 0.15) is 5.75 Å². The highest BCUT2D eigenvalue weighted by atomic mass is 16.5. The summed E-state index contributed by atoms with van der Waals surface area (Å²) in [5.74, 6) is 0.111. The van der Waals surface area contributed by atoms with E-state index >= 15 is 0 Å². The fourth-order valence-electron chi connectivity index (χ4n) is 3.08. The van der Waals surface area contributed by atoms with Crippen LogP contribution >= 0.6 is 0 Å². The number of ether oxygens (including phenoxy) is 1. The summed E-state index contributed by atoms with van der Waals surface area (Å²) in [5, 5.41) is 3.12. The molecule has 1 amide bonds. The summed E-state index contributed by atoms with van der Waals surface area (Å²) in [6, 6.07) is 10.9. The van der Waals surface area contributed by atoms with Gasteiger partial charge in [-0.25, -0.2) is 4.79 Å². The van der Waals surface area contributed by atoms with E-state index in [0.29, 0.717) is 36.6 Å². The first-order valence-electron chi connectivity index (χ1n) is 11.0. The van der Waals surface area contributed by atoms with Crippen LogP contribution in [0.25, 0.3) is 0 Å². The highest BCUT2D eigenvalue weighted by Crippen LogP contribution is 2.24. The van der Waals surface area contributed by atoms with Gasteiger partial charge in [0.05, 0.1) is 17.8 Å². The summed E-state index contributed by atoms with van der Waals surface area (Å²) < 4.78 is 5.51. The topological polar surface area (TPSA) is 74.8 Å². The molecule has 0 atom stereocenters. The van der Waals surface area contributed by atoms with Gasteiger partial charge in [-0.3, -0.25) is 9.78 Å². The number of hydrogen-bond acceptors (Lipinski definition) is 6. The molecule has 1 aromatic heterocycles. The van der Waals surface area contributed by atoms with Crippen LogP contribution in [0.1, 0.15) is 49.3 Å². The van der Waals surface area contributed by atoms with E-state index in [4.69, 9.17) is 4.74 Å². The van der Waals surface area contributed by atoms with Crippen LogP contribution in [0.3, 0.4) is 0 Å². The molecule has 0 unspecified atom stereocenters. The molecule has 1 N–H and O–H groups in total. The first-order valence-corrected chi connectivity index (χ1v) is 11.0. The number of esters is 1. The number of aromatic nitrogens is 1. The molecule has 1 heterocycles. The minimum atomic E-state index is -0.436. The normalized spacial score (nSPS) is 11.5. The number of benzene rings is 1. The van der Waals surface area contributed by atoms with Crippen molar-refractivity contribution in [3.63, 3.8) is 0 Å². The van der Waals surface area contributed by atoms with Crippen LogP contribution in [0.15, 0.2) is 42.6 Å². The summed E-state index contributed by atoms with van der Waals surface area (Å²) in [4.78, 5) is 33.1. The summed E-state index contributed by atoms with van der Waals surface area (Å²) in [6.45, 7) is 11.2. The second-order valence-corrected chi connectivity index (χ2v) is 9.08. The molecule has 0 fully saturated rings. The Morgan fingerprint density at radius 3 is 2.34 bits per heavy atom. The number of likely N-dealkylation sites (N-methyl/N-ethyl adjacent to an activating group) is 2. The maximum absolute atomic E-state index is 12.6. The van der Waals surface area contributed by atoms with E-state index in [1.807, 2.05) is 50.2 Å². The molecule has 1 aromatic carbocycles. The third-order valence-corrected chi connectivity index (χ3v) is 5.12. The van der Waals surface area contributed by atoms with E-state index in [9.17, 15) is 9.59 Å². The van der Waals surface area contributed by atoms with Crippen molar-refractivity contribution in [3.05, 3.63) is 59.4 Å². The molecular weight excluding hydrogens is 404 g/mol. The molecule has 0 radical (unpaired) electrons. The number of nitrogens with one attached hydrogen (secondary N) is 1. The Kier molecular flexibility index (Phi) is 9.35. The number of carbonyl (C=O) groups excluding carboxylic acids is 2. The highest BCUT2D eigenvalue weighted by molar-refractivity contribution is 5.91. The standard InChI is InChI=1S/C25H36N4O3/c1-7-29(15-14-28(5)6)23(30)18-26-17-21-16-19(12-13-27-21)24(31)32-22-10-8-20(9-11-22)25(2,3)4/h8-13,16,26H,7,14-15,17-18H2,1-6H3. The number of nitrogens with zero attached hydrogens (tertiary/aromatic N) is 3. The molecular formula is C25H36N4O3. The monoisotopic (exact) mass is 440 g/mol. The predicted octanol–water partition coefficient (Wildman–Crippen LogP) is 3.10. The van der Waals surface area contributed by atoms with Crippen molar-refractivity contribution < 1.29 is 14.3 Å². The summed E-state index contributed by atoms with van der Waals surface area (Å²) in [7, 11) is 3.97. The van der Waals surface area contributed by atoms with Crippen molar-refractivity contribution in [3.8, 4) is 5.75 Å². The largest absolute Gasteiger partial charge is 0.423 e. The zero-order chi connectivity index (χ0) is 23.7. The van der Waals surface area contributed by atoms with Gasteiger partial charge in [0.15, 0.2) is 0 Å². The van der Waals surface area contributed by atoms with Gasteiger partial charge in [-0.05, 0) is 56.3 Å². The molecule has 7 nitrogen and oxygen atoms in total. The first-order chi connectivity index (χ1) is 15.1. The van der Waals surface area contributed by atoms with Gasteiger partial charge >= 0.3 is 5.97 Å². The molecule has 0 bridgehead atoms. The third-order valence-electron chi connectivity index (χ3n) is 5.12. The molecule has 0 aliphatic carbocycles. The van der Waals surface area contributed by atoms with Gasteiger partial charge in [-0.15, -0.1) is 0 Å². The van der Waals surface area contributed by atoms with E-state index < -0.39 is 5.97 Å². The van der Waals surface area contributed by atoms with Crippen LogP contribution in [-0.4, -0.2) is 66.9 Å². The van der Waals surface area contributed by atoms with Crippen LogP contribution in [-0.2, 0) is 16.8 Å². The van der Waals surface area contributed by atoms with Gasteiger partial charge in [0, 0.05) is 32.4 Å². The van der Waals surface area contributed by atoms with E-state index in [0.717, 1.165) is 6.54 Å². The fourth-order valence-corrected chi connectivity index (χ4v) is 3.08. The zero-order valence-electron chi connectivity index (χ0n) is 20.1. The maximum Gasteiger partial charge on any atom is 0.343 e. The fraction of sp³-hybridized carbons (Fsp3) is 0.480. The smallest absolute Gasteiger partial charge is 0.343 e. The lowest BCUT2D eigenvalue weighted by atomic mass is 9.87. The molecule has 7 heteroatoms. The minimum absolute atomic E-state index is 0.0391. The van der Waals surface area contributed by atoms with Gasteiger partial charge in [-0.1, -0.05) is 32.9 Å². The SMILES string of the molecule is CCN(CCN(C)C)C(=O)CNCc1cc(C(=O)Oc2ccc(C(C)(C)C)cc2)ccn1. The molecule has 0 spiro atoms. The van der Waals surface area contributed by atoms with Crippen molar-refractivity contribution in [2.45, 2.75) is 39.7 Å². The van der Waals surface area contributed by atoms with Gasteiger partial charge < -0.3 is 19.9 Å². The highest BCUT2D eigenvalue weighted by Gasteiger charge is 2.15. The summed E-state index contributed by atoms with van der Waals surface area (Å²) in [6.07, 6.45) is 1.58. The Hall–Kier alpha value is -2.77. The molecule has 0 saturated heterocycles. The summed E-state index contributed by atoms with van der Waals surface area (Å²) >= 11 is 0. The number of hydrogen-bond donors (Lipinski definition) is 1. The minimum Gasteiger partial charge on any atom is -0.423 e. The summed E-state index contributed by atoms with van der Waals surface area (Å²) in [5.41, 5.74) is 2.31. The van der Waals surface area contributed by atoms with E-state index in [2.05, 4.69) is 36.0 Å². The Balaban J connectivity index is 1.90. The average molecular weight is 441 g/mol.